The van der Waals surface area contributed by atoms with Crippen molar-refractivity contribution >= 4 is 23.2 Å². The summed E-state index contributed by atoms with van der Waals surface area (Å²) in [5.74, 6) is 0.317. The van der Waals surface area contributed by atoms with Crippen LogP contribution < -0.4 is 15.4 Å². The van der Waals surface area contributed by atoms with E-state index in [1.165, 1.54) is 12.1 Å². The van der Waals surface area contributed by atoms with E-state index in [4.69, 9.17) is 4.74 Å². The fourth-order valence-electron chi connectivity index (χ4n) is 3.37. The molecule has 4 N–H and O–H groups in total. The second kappa shape index (κ2) is 10.0. The Hall–Kier alpha value is -4.78. The highest BCUT2D eigenvalue weighted by Gasteiger charge is 2.11. The molecule has 4 rings (SSSR count). The number of aryl methyl sites for hydroxylation is 2. The molecule has 4 aromatic carbocycles. The van der Waals surface area contributed by atoms with Gasteiger partial charge in [-0.2, -0.15) is 0 Å². The number of amides is 2. The van der Waals surface area contributed by atoms with Gasteiger partial charge in [-0.1, -0.05) is 12.1 Å². The van der Waals surface area contributed by atoms with E-state index in [0.29, 0.717) is 34.0 Å². The van der Waals surface area contributed by atoms with Gasteiger partial charge >= 0.3 is 0 Å². The summed E-state index contributed by atoms with van der Waals surface area (Å²) in [7, 11) is 0. The van der Waals surface area contributed by atoms with E-state index in [9.17, 15) is 19.8 Å². The summed E-state index contributed by atoms with van der Waals surface area (Å²) in [5, 5.41) is 25.2. The summed E-state index contributed by atoms with van der Waals surface area (Å²) in [6, 6.07) is 23.1. The molecule has 0 saturated carbocycles. The Labute approximate surface area is 202 Å². The molecule has 0 aromatic heterocycles. The maximum Gasteiger partial charge on any atom is 0.255 e. The first-order valence-electron chi connectivity index (χ1n) is 10.9. The lowest BCUT2D eigenvalue weighted by atomic mass is 10.1. The number of aromatic hydroxyl groups is 2. The number of carbonyl (C=O) groups excluding carboxylic acids is 2. The molecule has 7 nitrogen and oxygen atoms in total. The van der Waals surface area contributed by atoms with Crippen LogP contribution in [0.3, 0.4) is 0 Å². The number of hydrogen-bond acceptors (Lipinski definition) is 5. The van der Waals surface area contributed by atoms with Crippen molar-refractivity contribution in [2.45, 2.75) is 13.8 Å². The lowest BCUT2D eigenvalue weighted by Crippen LogP contribution is -2.12. The molecule has 0 spiro atoms. The van der Waals surface area contributed by atoms with Crippen molar-refractivity contribution in [2.24, 2.45) is 0 Å². The van der Waals surface area contributed by atoms with Crippen LogP contribution in [0.1, 0.15) is 31.8 Å². The molecular formula is C28H24N2O5. The number of ether oxygens (including phenoxy) is 1. The summed E-state index contributed by atoms with van der Waals surface area (Å²) in [6.07, 6.45) is 0. The first-order valence-corrected chi connectivity index (χ1v) is 10.9. The number of nitrogens with one attached hydrogen (secondary N) is 2. The second-order valence-electron chi connectivity index (χ2n) is 8.10. The van der Waals surface area contributed by atoms with Crippen LogP contribution in [0.15, 0.2) is 84.9 Å². The zero-order chi connectivity index (χ0) is 24.9. The van der Waals surface area contributed by atoms with Gasteiger partial charge in [-0.05, 0) is 97.8 Å². The van der Waals surface area contributed by atoms with Crippen molar-refractivity contribution in [1.82, 2.24) is 0 Å². The second-order valence-corrected chi connectivity index (χ2v) is 8.10. The van der Waals surface area contributed by atoms with E-state index in [0.717, 1.165) is 11.1 Å². The van der Waals surface area contributed by atoms with Crippen LogP contribution in [0.4, 0.5) is 11.4 Å². The Morgan fingerprint density at radius 3 is 1.34 bits per heavy atom. The third-order valence-electron chi connectivity index (χ3n) is 5.27. The van der Waals surface area contributed by atoms with Gasteiger partial charge in [-0.15, -0.1) is 0 Å². The Morgan fingerprint density at radius 1 is 0.600 bits per heavy atom. The van der Waals surface area contributed by atoms with Gasteiger partial charge in [0.15, 0.2) is 0 Å². The Bertz CT molecular complexity index is 1270. The Morgan fingerprint density at radius 2 is 0.971 bits per heavy atom. The average Bonchev–Trinajstić information content (AvgIpc) is 2.84. The number of anilines is 2. The Balaban J connectivity index is 1.38. The van der Waals surface area contributed by atoms with E-state index >= 15 is 0 Å². The molecule has 2 amide bonds. The van der Waals surface area contributed by atoms with Crippen LogP contribution in [-0.4, -0.2) is 22.0 Å². The maximum atomic E-state index is 12.5. The first-order chi connectivity index (χ1) is 16.8. The van der Waals surface area contributed by atoms with Gasteiger partial charge in [-0.25, -0.2) is 0 Å². The highest BCUT2D eigenvalue weighted by molar-refractivity contribution is 6.05. The summed E-state index contributed by atoms with van der Waals surface area (Å²) in [5.41, 5.74) is 3.33. The van der Waals surface area contributed by atoms with Gasteiger partial charge < -0.3 is 25.6 Å². The Kier molecular flexibility index (Phi) is 6.69. The lowest BCUT2D eigenvalue weighted by molar-refractivity contribution is 0.101. The molecule has 0 atom stereocenters. The minimum atomic E-state index is -0.354. The SMILES string of the molecule is Cc1ccc(O)c(NC(=O)c2ccc(Oc3ccc(C(=O)Nc4cc(C)ccc4O)cc3)cc2)c1. The topological polar surface area (TPSA) is 108 Å². The van der Waals surface area contributed by atoms with Crippen LogP contribution in [0.2, 0.25) is 0 Å². The monoisotopic (exact) mass is 468 g/mol. The van der Waals surface area contributed by atoms with Crippen LogP contribution in [-0.2, 0) is 0 Å². The number of hydrogen-bond donors (Lipinski definition) is 4. The fraction of sp³-hybridized carbons (Fsp3) is 0.0714. The summed E-state index contributed by atoms with van der Waals surface area (Å²) in [6.45, 7) is 3.74. The van der Waals surface area contributed by atoms with E-state index in [1.54, 1.807) is 72.8 Å². The summed E-state index contributed by atoms with van der Waals surface area (Å²) in [4.78, 5) is 25.0. The molecule has 0 aliphatic carbocycles. The van der Waals surface area contributed by atoms with Crippen LogP contribution in [0.25, 0.3) is 0 Å². The molecule has 0 heterocycles. The van der Waals surface area contributed by atoms with Crippen molar-refractivity contribution < 1.29 is 24.5 Å². The maximum absolute atomic E-state index is 12.5. The third kappa shape index (κ3) is 5.78. The van der Waals surface area contributed by atoms with Crippen molar-refractivity contribution in [3.63, 3.8) is 0 Å². The van der Waals surface area contributed by atoms with Crippen LogP contribution >= 0.6 is 0 Å². The van der Waals surface area contributed by atoms with Gasteiger partial charge in [0.2, 0.25) is 0 Å². The van der Waals surface area contributed by atoms with Crippen molar-refractivity contribution in [3.05, 3.63) is 107 Å². The number of phenols is 2. The third-order valence-corrected chi connectivity index (χ3v) is 5.27. The van der Waals surface area contributed by atoms with E-state index < -0.39 is 0 Å². The molecule has 4 aromatic rings. The largest absolute Gasteiger partial charge is 0.506 e. The first kappa shape index (κ1) is 23.4. The van der Waals surface area contributed by atoms with Gasteiger partial charge in [0.25, 0.3) is 11.8 Å². The minimum Gasteiger partial charge on any atom is -0.506 e. The fourth-order valence-corrected chi connectivity index (χ4v) is 3.37. The minimum absolute atomic E-state index is 0.00304. The molecule has 176 valence electrons. The van der Waals surface area contributed by atoms with Crippen LogP contribution in [0.5, 0.6) is 23.0 Å². The van der Waals surface area contributed by atoms with E-state index in [-0.39, 0.29) is 23.3 Å². The zero-order valence-corrected chi connectivity index (χ0v) is 19.2. The molecule has 0 unspecified atom stereocenters. The highest BCUT2D eigenvalue weighted by Crippen LogP contribution is 2.27. The predicted octanol–water partition coefficient (Wildman–Crippen LogP) is 6.01. The number of rotatable bonds is 6. The normalized spacial score (nSPS) is 10.5. The zero-order valence-electron chi connectivity index (χ0n) is 19.2. The van der Waals surface area contributed by atoms with Crippen LogP contribution in [0, 0.1) is 13.8 Å². The quantitative estimate of drug-likeness (QED) is 0.259. The molecule has 7 heteroatoms. The molecule has 0 fully saturated rings. The number of carbonyl (C=O) groups is 2. The van der Waals surface area contributed by atoms with Gasteiger partial charge in [0, 0.05) is 11.1 Å². The molecular weight excluding hydrogens is 444 g/mol. The number of phenolic OH excluding ortho intramolecular Hbond substituents is 2. The van der Waals surface area contributed by atoms with Gasteiger partial charge in [0.1, 0.15) is 23.0 Å². The molecule has 0 saturated heterocycles. The van der Waals surface area contributed by atoms with E-state index in [1.807, 2.05) is 13.8 Å². The average molecular weight is 469 g/mol. The van der Waals surface area contributed by atoms with Crippen molar-refractivity contribution in [3.8, 4) is 23.0 Å². The van der Waals surface area contributed by atoms with Gasteiger partial charge in [0.05, 0.1) is 11.4 Å². The smallest absolute Gasteiger partial charge is 0.255 e. The molecule has 35 heavy (non-hydrogen) atoms. The van der Waals surface area contributed by atoms with Crippen molar-refractivity contribution in [1.29, 1.82) is 0 Å². The molecule has 0 radical (unpaired) electrons. The standard InChI is InChI=1S/C28H24N2O5/c1-17-3-13-25(31)23(15-17)29-27(33)19-5-9-21(10-6-19)35-22-11-7-20(8-12-22)28(34)30-24-16-18(2)4-14-26(24)32/h3-16,31-32H,1-2H3,(H,29,33)(H,30,34). The molecule has 0 aliphatic heterocycles. The predicted molar refractivity (Wildman–Crippen MR) is 135 cm³/mol. The summed E-state index contributed by atoms with van der Waals surface area (Å²) >= 11 is 0. The molecule has 0 bridgehead atoms. The van der Waals surface area contributed by atoms with E-state index in [2.05, 4.69) is 10.6 Å². The number of benzene rings is 4. The summed E-state index contributed by atoms with van der Waals surface area (Å²) < 4.78 is 5.81. The highest BCUT2D eigenvalue weighted by atomic mass is 16.5. The molecule has 0 aliphatic rings. The van der Waals surface area contributed by atoms with Crippen molar-refractivity contribution in [2.75, 3.05) is 10.6 Å². The lowest BCUT2D eigenvalue weighted by Gasteiger charge is -2.10. The van der Waals surface area contributed by atoms with Gasteiger partial charge in [-0.3, -0.25) is 9.59 Å².